The fourth-order valence-electron chi connectivity index (χ4n) is 4.25. The van der Waals surface area contributed by atoms with E-state index < -0.39 is 5.69 Å². The summed E-state index contributed by atoms with van der Waals surface area (Å²) in [5.41, 5.74) is 1.23. The number of nitrogens with one attached hydrogen (secondary N) is 1. The lowest BCUT2D eigenvalue weighted by Gasteiger charge is -2.16. The van der Waals surface area contributed by atoms with E-state index in [-0.39, 0.29) is 5.56 Å². The number of nitrogens with zero attached hydrogens (tertiary/aromatic N) is 4. The number of imidazole rings is 1. The average molecular weight is 410 g/mol. The molecule has 1 aromatic carbocycles. The van der Waals surface area contributed by atoms with Crippen LogP contribution in [0.3, 0.4) is 0 Å². The summed E-state index contributed by atoms with van der Waals surface area (Å²) in [6, 6.07) is 9.80. The third-order valence-electron chi connectivity index (χ3n) is 5.95. The zero-order valence-electron chi connectivity index (χ0n) is 18.1. The van der Waals surface area contributed by atoms with E-state index in [9.17, 15) is 9.59 Å². The van der Waals surface area contributed by atoms with Gasteiger partial charge in [-0.05, 0) is 36.8 Å². The first-order chi connectivity index (χ1) is 14.4. The molecule has 1 atom stereocenters. The van der Waals surface area contributed by atoms with Crippen LogP contribution in [0.4, 0.5) is 0 Å². The van der Waals surface area contributed by atoms with Crippen LogP contribution >= 0.6 is 0 Å². The topological polar surface area (TPSA) is 75.9 Å². The Labute approximate surface area is 176 Å². The molecule has 0 bridgehead atoms. The Morgan fingerprint density at radius 2 is 1.90 bits per heavy atom. The van der Waals surface area contributed by atoms with Gasteiger partial charge < -0.3 is 4.57 Å². The van der Waals surface area contributed by atoms with E-state index in [4.69, 9.17) is 4.98 Å². The molecular formula is C23H31N5O2. The minimum absolute atomic E-state index is 0.350. The van der Waals surface area contributed by atoms with E-state index in [2.05, 4.69) is 30.7 Å². The number of aromatic nitrogens is 4. The van der Waals surface area contributed by atoms with Gasteiger partial charge >= 0.3 is 5.69 Å². The third-order valence-corrected chi connectivity index (χ3v) is 5.95. The van der Waals surface area contributed by atoms with Crippen LogP contribution in [0.5, 0.6) is 0 Å². The first kappa shape index (κ1) is 20.6. The summed E-state index contributed by atoms with van der Waals surface area (Å²) in [6.45, 7) is 10.5. The van der Waals surface area contributed by atoms with E-state index in [0.717, 1.165) is 37.4 Å². The van der Waals surface area contributed by atoms with Gasteiger partial charge in [-0.2, -0.15) is 0 Å². The predicted molar refractivity (Wildman–Crippen MR) is 119 cm³/mol. The normalized spacial score (nSPS) is 17.4. The first-order valence-corrected chi connectivity index (χ1v) is 10.9. The average Bonchev–Trinajstić information content (AvgIpc) is 3.28. The van der Waals surface area contributed by atoms with Gasteiger partial charge in [0.15, 0.2) is 11.2 Å². The van der Waals surface area contributed by atoms with Crippen LogP contribution < -0.4 is 11.2 Å². The zero-order valence-corrected chi connectivity index (χ0v) is 18.1. The number of rotatable bonds is 7. The number of hydrogen-bond acceptors (Lipinski definition) is 4. The van der Waals surface area contributed by atoms with Crippen LogP contribution in [-0.4, -0.2) is 37.1 Å². The van der Waals surface area contributed by atoms with Crippen LogP contribution in [0.2, 0.25) is 0 Å². The molecule has 0 amide bonds. The van der Waals surface area contributed by atoms with Crippen LogP contribution in [0.1, 0.15) is 45.0 Å². The molecule has 1 aliphatic rings. The zero-order chi connectivity index (χ0) is 21.3. The summed E-state index contributed by atoms with van der Waals surface area (Å²) < 4.78 is 3.63. The second kappa shape index (κ2) is 8.60. The fourth-order valence-corrected chi connectivity index (χ4v) is 4.25. The molecule has 0 spiro atoms. The highest BCUT2D eigenvalue weighted by Crippen LogP contribution is 2.21. The molecule has 1 unspecified atom stereocenters. The number of fused-ring (bicyclic) bond motifs is 1. The molecule has 2 aromatic heterocycles. The molecule has 4 rings (SSSR count). The molecule has 160 valence electrons. The molecule has 0 radical (unpaired) electrons. The van der Waals surface area contributed by atoms with E-state index in [1.165, 1.54) is 6.42 Å². The molecule has 1 aliphatic heterocycles. The van der Waals surface area contributed by atoms with E-state index in [1.54, 1.807) is 4.57 Å². The Hall–Kier alpha value is -2.67. The summed E-state index contributed by atoms with van der Waals surface area (Å²) in [6.07, 6.45) is 2.14. The Balaban J connectivity index is 1.82. The third kappa shape index (κ3) is 4.26. The lowest BCUT2D eigenvalue weighted by atomic mass is 10.1. The van der Waals surface area contributed by atoms with Crippen molar-refractivity contribution in [1.82, 2.24) is 24.0 Å². The maximum absolute atomic E-state index is 12.8. The summed E-state index contributed by atoms with van der Waals surface area (Å²) in [5.74, 6) is 2.06. The molecule has 3 aromatic rings. The summed E-state index contributed by atoms with van der Waals surface area (Å²) in [5, 5.41) is 0. The molecule has 3 heterocycles. The summed E-state index contributed by atoms with van der Waals surface area (Å²) in [7, 11) is 0. The largest absolute Gasteiger partial charge is 0.330 e. The van der Waals surface area contributed by atoms with Crippen LogP contribution in [0.15, 0.2) is 39.9 Å². The van der Waals surface area contributed by atoms with Gasteiger partial charge in [-0.3, -0.25) is 19.2 Å². The highest BCUT2D eigenvalue weighted by molar-refractivity contribution is 5.71. The molecule has 0 saturated carbocycles. The van der Waals surface area contributed by atoms with E-state index in [0.29, 0.717) is 36.1 Å². The smallest absolute Gasteiger partial charge is 0.321 e. The Morgan fingerprint density at radius 3 is 2.57 bits per heavy atom. The van der Waals surface area contributed by atoms with Crippen molar-refractivity contribution in [3.63, 3.8) is 0 Å². The molecule has 1 fully saturated rings. The molecule has 0 aliphatic carbocycles. The number of likely N-dealkylation sites (tertiary alicyclic amines) is 1. The van der Waals surface area contributed by atoms with Crippen molar-refractivity contribution in [1.29, 1.82) is 0 Å². The van der Waals surface area contributed by atoms with Crippen molar-refractivity contribution in [3.8, 4) is 0 Å². The Kier molecular flexibility index (Phi) is 5.90. The minimum Gasteiger partial charge on any atom is -0.321 e. The van der Waals surface area contributed by atoms with Gasteiger partial charge in [-0.15, -0.1) is 0 Å². The second-order valence-electron chi connectivity index (χ2n) is 8.99. The standard InChI is InChI=1S/C23H31N5O2/c1-16(2)9-12-27-19(15-26-11-10-17(3)13-26)24-21-20(27)22(29)25-23(30)28(21)14-18-7-5-4-6-8-18/h4-8,16-17H,9-15H2,1-3H3,(H,25,29,30). The molecule has 1 N–H and O–H groups in total. The van der Waals surface area contributed by atoms with Gasteiger partial charge in [0.05, 0.1) is 13.1 Å². The maximum Gasteiger partial charge on any atom is 0.330 e. The minimum atomic E-state index is -0.411. The first-order valence-electron chi connectivity index (χ1n) is 10.9. The van der Waals surface area contributed by atoms with Gasteiger partial charge in [0.1, 0.15) is 5.82 Å². The van der Waals surface area contributed by atoms with Gasteiger partial charge in [0, 0.05) is 13.1 Å². The Bertz CT molecular complexity index is 1130. The molecule has 30 heavy (non-hydrogen) atoms. The van der Waals surface area contributed by atoms with Crippen molar-refractivity contribution < 1.29 is 0 Å². The molecule has 7 nitrogen and oxygen atoms in total. The number of aryl methyl sites for hydroxylation is 1. The maximum atomic E-state index is 12.8. The van der Waals surface area contributed by atoms with Gasteiger partial charge in [0.2, 0.25) is 0 Å². The van der Waals surface area contributed by atoms with Gasteiger partial charge in [-0.25, -0.2) is 9.78 Å². The van der Waals surface area contributed by atoms with Crippen molar-refractivity contribution in [2.24, 2.45) is 11.8 Å². The predicted octanol–water partition coefficient (Wildman–Crippen LogP) is 2.82. The number of aromatic amines is 1. The molecular weight excluding hydrogens is 378 g/mol. The number of H-pyrrole nitrogens is 1. The number of benzene rings is 1. The van der Waals surface area contributed by atoms with Crippen molar-refractivity contribution >= 4 is 11.2 Å². The summed E-state index contributed by atoms with van der Waals surface area (Å²) in [4.78, 5) is 35.3. The van der Waals surface area contributed by atoms with Crippen LogP contribution in [0, 0.1) is 11.8 Å². The SMILES string of the molecule is CC(C)CCn1c(CN2CCC(C)C2)nc2c1c(=O)[nH]c(=O)n2Cc1ccccc1. The van der Waals surface area contributed by atoms with Crippen molar-refractivity contribution in [3.05, 3.63) is 62.6 Å². The quantitative estimate of drug-likeness (QED) is 0.651. The lowest BCUT2D eigenvalue weighted by molar-refractivity contribution is 0.305. The van der Waals surface area contributed by atoms with E-state index >= 15 is 0 Å². The molecule has 1 saturated heterocycles. The molecule has 7 heteroatoms. The van der Waals surface area contributed by atoms with Crippen molar-refractivity contribution in [2.75, 3.05) is 13.1 Å². The summed E-state index contributed by atoms with van der Waals surface area (Å²) >= 11 is 0. The Morgan fingerprint density at radius 1 is 1.13 bits per heavy atom. The van der Waals surface area contributed by atoms with Crippen molar-refractivity contribution in [2.45, 2.75) is 53.2 Å². The lowest BCUT2D eigenvalue weighted by Crippen LogP contribution is -2.31. The number of hydrogen-bond donors (Lipinski definition) is 1. The fraction of sp³-hybridized carbons (Fsp3) is 0.522. The van der Waals surface area contributed by atoms with Crippen LogP contribution in [-0.2, 0) is 19.6 Å². The second-order valence-corrected chi connectivity index (χ2v) is 8.99. The van der Waals surface area contributed by atoms with Gasteiger partial charge in [0.25, 0.3) is 5.56 Å². The highest BCUT2D eigenvalue weighted by Gasteiger charge is 2.24. The van der Waals surface area contributed by atoms with Gasteiger partial charge in [-0.1, -0.05) is 51.1 Å². The van der Waals surface area contributed by atoms with Crippen LogP contribution in [0.25, 0.3) is 11.2 Å². The highest BCUT2D eigenvalue weighted by atomic mass is 16.2. The van der Waals surface area contributed by atoms with E-state index in [1.807, 2.05) is 34.9 Å². The monoisotopic (exact) mass is 409 g/mol.